The Morgan fingerprint density at radius 1 is 1.18 bits per heavy atom. The average Bonchev–Trinajstić information content (AvgIpc) is 2.96. The first-order valence-corrected chi connectivity index (χ1v) is 7.30. The van der Waals surface area contributed by atoms with Gasteiger partial charge in [0.15, 0.2) is 0 Å². The van der Waals surface area contributed by atoms with Crippen LogP contribution in [-0.4, -0.2) is 23.3 Å². The molecule has 1 saturated heterocycles. The van der Waals surface area contributed by atoms with Gasteiger partial charge in [-0.05, 0) is 30.7 Å². The molecule has 1 fully saturated rings. The van der Waals surface area contributed by atoms with Crippen molar-refractivity contribution in [3.63, 3.8) is 0 Å². The van der Waals surface area contributed by atoms with Crippen LogP contribution in [0.15, 0.2) is 54.7 Å². The zero-order valence-corrected chi connectivity index (χ0v) is 12.1. The van der Waals surface area contributed by atoms with Crippen molar-refractivity contribution >= 4 is 17.5 Å². The Morgan fingerprint density at radius 2 is 1.95 bits per heavy atom. The average molecular weight is 295 g/mol. The Morgan fingerprint density at radius 3 is 2.68 bits per heavy atom. The largest absolute Gasteiger partial charge is 0.350 e. The molecule has 5 heteroatoms. The van der Waals surface area contributed by atoms with Crippen molar-refractivity contribution in [1.82, 2.24) is 10.3 Å². The summed E-state index contributed by atoms with van der Waals surface area (Å²) in [7, 11) is 0. The van der Waals surface area contributed by atoms with Crippen LogP contribution < -0.4 is 10.2 Å². The monoisotopic (exact) mass is 295 g/mol. The molecule has 5 nitrogen and oxygen atoms in total. The molecule has 2 heterocycles. The quantitative estimate of drug-likeness (QED) is 0.874. The van der Waals surface area contributed by atoms with Gasteiger partial charge in [0.25, 0.3) is 0 Å². The zero-order valence-electron chi connectivity index (χ0n) is 12.1. The van der Waals surface area contributed by atoms with Crippen molar-refractivity contribution < 1.29 is 9.59 Å². The van der Waals surface area contributed by atoms with Gasteiger partial charge in [-0.1, -0.05) is 24.3 Å². The second kappa shape index (κ2) is 6.39. The van der Waals surface area contributed by atoms with Crippen molar-refractivity contribution in [2.24, 2.45) is 5.92 Å². The lowest BCUT2D eigenvalue weighted by atomic mass is 10.1. The number of nitrogens with one attached hydrogen (secondary N) is 1. The number of amides is 2. The molecule has 0 saturated carbocycles. The first kappa shape index (κ1) is 14.3. The number of para-hydroxylation sites is 1. The van der Waals surface area contributed by atoms with Crippen LogP contribution >= 0.6 is 0 Å². The minimum Gasteiger partial charge on any atom is -0.350 e. The van der Waals surface area contributed by atoms with Gasteiger partial charge in [0.1, 0.15) is 5.92 Å². The van der Waals surface area contributed by atoms with Gasteiger partial charge in [0.2, 0.25) is 11.8 Å². The molecule has 1 aliphatic rings. The minimum atomic E-state index is -0.607. The third-order valence-corrected chi connectivity index (χ3v) is 3.76. The van der Waals surface area contributed by atoms with Gasteiger partial charge in [-0.2, -0.15) is 0 Å². The second-order valence-corrected chi connectivity index (χ2v) is 5.21. The third-order valence-electron chi connectivity index (χ3n) is 3.76. The molecule has 1 aromatic carbocycles. The summed E-state index contributed by atoms with van der Waals surface area (Å²) in [5.41, 5.74) is 1.62. The lowest BCUT2D eigenvalue weighted by Gasteiger charge is -2.16. The highest BCUT2D eigenvalue weighted by Crippen LogP contribution is 2.25. The van der Waals surface area contributed by atoms with Crippen LogP contribution in [0, 0.1) is 5.92 Å². The van der Waals surface area contributed by atoms with Crippen LogP contribution in [0.5, 0.6) is 0 Å². The van der Waals surface area contributed by atoms with Gasteiger partial charge in [-0.25, -0.2) is 0 Å². The normalized spacial score (nSPS) is 17.5. The van der Waals surface area contributed by atoms with E-state index in [0.29, 0.717) is 19.5 Å². The van der Waals surface area contributed by atoms with Gasteiger partial charge in [-0.3, -0.25) is 14.6 Å². The third kappa shape index (κ3) is 2.98. The fourth-order valence-corrected chi connectivity index (χ4v) is 2.59. The molecule has 0 aliphatic carbocycles. The van der Waals surface area contributed by atoms with Crippen LogP contribution in [0.1, 0.15) is 12.1 Å². The number of hydrogen-bond donors (Lipinski definition) is 1. The topological polar surface area (TPSA) is 62.3 Å². The molecule has 1 unspecified atom stereocenters. The first-order chi connectivity index (χ1) is 10.8. The molecule has 22 heavy (non-hydrogen) atoms. The molecule has 1 aliphatic heterocycles. The highest BCUT2D eigenvalue weighted by molar-refractivity contribution is 6.09. The molecule has 1 aromatic heterocycles. The van der Waals surface area contributed by atoms with E-state index >= 15 is 0 Å². The van der Waals surface area contributed by atoms with Crippen LogP contribution in [0.3, 0.4) is 0 Å². The Labute approximate surface area is 129 Å². The molecule has 112 valence electrons. The molecule has 1 N–H and O–H groups in total. The number of benzene rings is 1. The van der Waals surface area contributed by atoms with Crippen LogP contribution in [0.2, 0.25) is 0 Å². The maximum absolute atomic E-state index is 12.4. The maximum atomic E-state index is 12.4. The van der Waals surface area contributed by atoms with Gasteiger partial charge in [0, 0.05) is 18.4 Å². The number of pyridine rings is 1. The van der Waals surface area contributed by atoms with E-state index in [1.165, 1.54) is 0 Å². The lowest BCUT2D eigenvalue weighted by molar-refractivity contribution is -0.132. The summed E-state index contributed by atoms with van der Waals surface area (Å²) in [6.45, 7) is 0.916. The van der Waals surface area contributed by atoms with Gasteiger partial charge in [-0.15, -0.1) is 0 Å². The van der Waals surface area contributed by atoms with Crippen LogP contribution in [0.4, 0.5) is 5.69 Å². The van der Waals surface area contributed by atoms with E-state index in [2.05, 4.69) is 10.3 Å². The fourth-order valence-electron chi connectivity index (χ4n) is 2.59. The Kier molecular flexibility index (Phi) is 4.14. The van der Waals surface area contributed by atoms with Crippen molar-refractivity contribution in [2.75, 3.05) is 11.4 Å². The summed E-state index contributed by atoms with van der Waals surface area (Å²) in [6, 6.07) is 15.0. The summed E-state index contributed by atoms with van der Waals surface area (Å²) in [6.07, 6.45) is 2.22. The number of carbonyl (C=O) groups excluding carboxylic acids is 2. The van der Waals surface area contributed by atoms with Gasteiger partial charge >= 0.3 is 0 Å². The smallest absolute Gasteiger partial charge is 0.239 e. The number of aromatic nitrogens is 1. The molecular weight excluding hydrogens is 278 g/mol. The highest BCUT2D eigenvalue weighted by Gasteiger charge is 2.37. The van der Waals surface area contributed by atoms with E-state index < -0.39 is 5.92 Å². The SMILES string of the molecule is O=C(NCc1ccccn1)C1CCN(c2ccccc2)C1=O. The number of rotatable bonds is 4. The summed E-state index contributed by atoms with van der Waals surface area (Å²) in [4.78, 5) is 30.4. The molecular formula is C17H17N3O2. The van der Waals surface area contributed by atoms with Crippen molar-refractivity contribution in [2.45, 2.75) is 13.0 Å². The highest BCUT2D eigenvalue weighted by atomic mass is 16.2. The van der Waals surface area contributed by atoms with Gasteiger partial charge in [0.05, 0.1) is 12.2 Å². The molecule has 0 bridgehead atoms. The van der Waals surface area contributed by atoms with E-state index in [4.69, 9.17) is 0 Å². The summed E-state index contributed by atoms with van der Waals surface area (Å²) in [5.74, 6) is -0.970. The predicted molar refractivity (Wildman–Crippen MR) is 83.0 cm³/mol. The van der Waals surface area contributed by atoms with Gasteiger partial charge < -0.3 is 10.2 Å². The van der Waals surface area contributed by atoms with E-state index in [1.54, 1.807) is 11.1 Å². The lowest BCUT2D eigenvalue weighted by Crippen LogP contribution is -2.36. The number of hydrogen-bond acceptors (Lipinski definition) is 3. The second-order valence-electron chi connectivity index (χ2n) is 5.21. The Bertz CT molecular complexity index is 658. The maximum Gasteiger partial charge on any atom is 0.239 e. The number of nitrogens with zero attached hydrogens (tertiary/aromatic N) is 2. The number of anilines is 1. The van der Waals surface area contributed by atoms with Crippen LogP contribution in [-0.2, 0) is 16.1 Å². The van der Waals surface area contributed by atoms with E-state index in [0.717, 1.165) is 11.4 Å². The zero-order chi connectivity index (χ0) is 15.4. The van der Waals surface area contributed by atoms with Crippen molar-refractivity contribution in [3.05, 3.63) is 60.4 Å². The molecule has 1 atom stereocenters. The fraction of sp³-hybridized carbons (Fsp3) is 0.235. The molecule has 2 aromatic rings. The first-order valence-electron chi connectivity index (χ1n) is 7.30. The molecule has 0 radical (unpaired) electrons. The number of carbonyl (C=O) groups is 2. The summed E-state index contributed by atoms with van der Waals surface area (Å²) >= 11 is 0. The van der Waals surface area contributed by atoms with E-state index in [9.17, 15) is 9.59 Å². The Balaban J connectivity index is 1.61. The molecule has 2 amide bonds. The predicted octanol–water partition coefficient (Wildman–Crippen LogP) is 1.75. The van der Waals surface area contributed by atoms with E-state index in [1.807, 2.05) is 48.5 Å². The molecule has 0 spiro atoms. The van der Waals surface area contributed by atoms with Crippen molar-refractivity contribution in [3.8, 4) is 0 Å². The van der Waals surface area contributed by atoms with E-state index in [-0.39, 0.29) is 11.8 Å². The standard InChI is InChI=1S/C17H17N3O2/c21-16(19-12-13-6-4-5-10-18-13)15-9-11-20(17(15)22)14-7-2-1-3-8-14/h1-8,10,15H,9,11-12H2,(H,19,21). The molecule has 3 rings (SSSR count). The minimum absolute atomic E-state index is 0.135. The van der Waals surface area contributed by atoms with Crippen LogP contribution in [0.25, 0.3) is 0 Å². The van der Waals surface area contributed by atoms with Crippen molar-refractivity contribution in [1.29, 1.82) is 0 Å². The summed E-state index contributed by atoms with van der Waals surface area (Å²) in [5, 5.41) is 2.79. The summed E-state index contributed by atoms with van der Waals surface area (Å²) < 4.78 is 0. The Hall–Kier alpha value is -2.69.